The van der Waals surface area contributed by atoms with Gasteiger partial charge in [-0.05, 0) is 49.1 Å². The van der Waals surface area contributed by atoms with Gasteiger partial charge in [0.2, 0.25) is 0 Å². The average Bonchev–Trinajstić information content (AvgIpc) is 3.85. The van der Waals surface area contributed by atoms with E-state index >= 15 is 0 Å². The smallest absolute Gasteiger partial charge is 0.412 e. The summed E-state index contributed by atoms with van der Waals surface area (Å²) in [5.74, 6) is 0. The molecule has 0 aliphatic carbocycles. The molecule has 2 aromatic carbocycles. The van der Waals surface area contributed by atoms with Crippen molar-refractivity contribution in [1.82, 2.24) is 43.7 Å². The van der Waals surface area contributed by atoms with E-state index in [1.807, 2.05) is 104 Å². The molecule has 0 saturated carbocycles. The Morgan fingerprint density at radius 1 is 0.390 bits per heavy atom. The van der Waals surface area contributed by atoms with Crippen LogP contribution in [0.2, 0.25) is 0 Å². The Balaban J connectivity index is 0.00000302. The van der Waals surface area contributed by atoms with Crippen LogP contribution in [0.3, 0.4) is 0 Å². The van der Waals surface area contributed by atoms with Gasteiger partial charge in [0.1, 0.15) is 0 Å². The van der Waals surface area contributed by atoms with Crippen molar-refractivity contribution < 1.29 is 17.1 Å². The number of hydrogen-bond acceptors (Lipinski definition) is 5. The van der Waals surface area contributed by atoms with Gasteiger partial charge in [0.05, 0.1) is 0 Å². The van der Waals surface area contributed by atoms with Gasteiger partial charge in [0, 0.05) is 24.8 Å². The minimum Gasteiger partial charge on any atom is -0.412 e. The van der Waals surface area contributed by atoms with Crippen molar-refractivity contribution in [1.29, 1.82) is 0 Å². The third kappa shape index (κ3) is 4.07. The van der Waals surface area contributed by atoms with Crippen molar-refractivity contribution in [3.63, 3.8) is 0 Å². The standard InChI is InChI=1S/C29H25B2N9.Fe/c1-3-12-26(13-4-1)30(37-22-8-18-32-37,38-23-9-19-33-38)28-16-7-17-29(36-28)31(39-24-10-20-34-39,40-25-11-21-35-40)27-14-5-2-6-15-27;/h1-25H;/q-2;+2. The summed E-state index contributed by atoms with van der Waals surface area (Å²) in [6.07, 6.45) is 11.1. The van der Waals surface area contributed by atoms with Gasteiger partial charge < -0.3 is 23.4 Å². The molecule has 0 amide bonds. The van der Waals surface area contributed by atoms with Crippen LogP contribution < -0.4 is 22.1 Å². The van der Waals surface area contributed by atoms with Crippen molar-refractivity contribution in [3.05, 3.63) is 153 Å². The van der Waals surface area contributed by atoms with E-state index in [-0.39, 0.29) is 17.1 Å². The quantitative estimate of drug-likeness (QED) is 0.254. The maximum absolute atomic E-state index is 5.51. The Morgan fingerprint density at radius 2 is 0.732 bits per heavy atom. The molecule has 5 heterocycles. The fourth-order valence-corrected chi connectivity index (χ4v) is 6.10. The van der Waals surface area contributed by atoms with Crippen molar-refractivity contribution in [2.24, 2.45) is 0 Å². The molecular weight excluding hydrogens is 552 g/mol. The van der Waals surface area contributed by atoms with Gasteiger partial charge in [0.15, 0.2) is 0 Å². The molecule has 9 nitrogen and oxygen atoms in total. The van der Waals surface area contributed by atoms with E-state index < -0.39 is 12.8 Å². The predicted octanol–water partition coefficient (Wildman–Crippen LogP) is 1.17. The van der Waals surface area contributed by atoms with E-state index in [2.05, 4.69) is 42.5 Å². The second-order valence-electron chi connectivity index (χ2n) is 9.81. The zero-order chi connectivity index (χ0) is 26.8. The largest absolute Gasteiger partial charge is 2.00 e. The van der Waals surface area contributed by atoms with Crippen molar-refractivity contribution in [2.45, 2.75) is 0 Å². The summed E-state index contributed by atoms with van der Waals surface area (Å²) < 4.78 is 7.86. The first-order chi connectivity index (χ1) is 19.8. The molecule has 0 unspecified atom stereocenters. The van der Waals surface area contributed by atoms with Crippen LogP contribution in [0.1, 0.15) is 0 Å². The summed E-state index contributed by atoms with van der Waals surface area (Å²) in [4.78, 5) is 5.51. The number of hydrogen-bond donors (Lipinski definition) is 0. The van der Waals surface area contributed by atoms with E-state index in [4.69, 9.17) is 25.4 Å². The molecule has 41 heavy (non-hydrogen) atoms. The van der Waals surface area contributed by atoms with Gasteiger partial charge in [-0.2, -0.15) is 10.9 Å². The van der Waals surface area contributed by atoms with Crippen molar-refractivity contribution in [3.8, 4) is 0 Å². The van der Waals surface area contributed by atoms with Crippen LogP contribution in [0.25, 0.3) is 0 Å². The fourth-order valence-electron chi connectivity index (χ4n) is 6.10. The Kier molecular flexibility index (Phi) is 7.01. The van der Waals surface area contributed by atoms with Crippen LogP contribution in [0.15, 0.2) is 153 Å². The predicted molar refractivity (Wildman–Crippen MR) is 158 cm³/mol. The minimum absolute atomic E-state index is 0. The SMILES string of the molecule is [Fe+2].c1ccc([B-](c2cccc([B-](c3ccccc3)(n3cccn3)n3cccn3)n2)(n2cccn2)n2cccn2)cc1. The van der Waals surface area contributed by atoms with Crippen LogP contribution in [0, 0.1) is 0 Å². The molecule has 7 aromatic rings. The first-order valence-corrected chi connectivity index (χ1v) is 13.2. The monoisotopic (exact) mass is 577 g/mol. The summed E-state index contributed by atoms with van der Waals surface area (Å²) in [5.41, 5.74) is 3.65. The van der Waals surface area contributed by atoms with Gasteiger partial charge in [-0.15, -0.1) is 0 Å². The molecule has 0 aliphatic rings. The van der Waals surface area contributed by atoms with Crippen LogP contribution in [0.5, 0.6) is 0 Å². The Hall–Kier alpha value is -4.92. The van der Waals surface area contributed by atoms with E-state index in [0.717, 1.165) is 22.1 Å². The molecule has 0 atom stereocenters. The Labute approximate surface area is 247 Å². The number of aromatic nitrogens is 9. The number of pyridine rings is 1. The molecule has 7 rings (SSSR count). The zero-order valence-corrected chi connectivity index (χ0v) is 23.1. The van der Waals surface area contributed by atoms with E-state index in [1.54, 1.807) is 24.8 Å². The Morgan fingerprint density at radius 3 is 1.02 bits per heavy atom. The second-order valence-corrected chi connectivity index (χ2v) is 9.81. The van der Waals surface area contributed by atoms with Crippen LogP contribution >= 0.6 is 0 Å². The van der Waals surface area contributed by atoms with Crippen LogP contribution in [-0.2, 0) is 17.1 Å². The van der Waals surface area contributed by atoms with E-state index in [9.17, 15) is 0 Å². The molecule has 0 fully saturated rings. The molecule has 0 saturated heterocycles. The molecule has 0 bridgehead atoms. The summed E-state index contributed by atoms with van der Waals surface area (Å²) in [5, 5.41) is 19.0. The molecule has 200 valence electrons. The van der Waals surface area contributed by atoms with Crippen molar-refractivity contribution in [2.75, 3.05) is 0 Å². The molecular formula is C29H25B2FeN9. The number of nitrogens with zero attached hydrogens (tertiary/aromatic N) is 9. The molecule has 0 radical (unpaired) electrons. The molecule has 0 aliphatic heterocycles. The maximum Gasteiger partial charge on any atom is 2.00 e. The Bertz CT molecular complexity index is 1590. The first kappa shape index (κ1) is 26.3. The second kappa shape index (κ2) is 10.9. The third-order valence-electron chi connectivity index (χ3n) is 7.78. The molecule has 5 aromatic heterocycles. The number of rotatable bonds is 8. The normalized spacial score (nSPS) is 11.7. The van der Waals surface area contributed by atoms with Gasteiger partial charge in [-0.1, -0.05) is 90.0 Å². The van der Waals surface area contributed by atoms with E-state index in [0.29, 0.717) is 0 Å². The topological polar surface area (TPSA) is 84.2 Å². The third-order valence-corrected chi connectivity index (χ3v) is 7.78. The van der Waals surface area contributed by atoms with Gasteiger partial charge >= 0.3 is 17.1 Å². The van der Waals surface area contributed by atoms with Crippen molar-refractivity contribution >= 4 is 34.9 Å². The summed E-state index contributed by atoms with van der Waals surface area (Å²) in [7, 11) is 0. The zero-order valence-electron chi connectivity index (χ0n) is 22.0. The van der Waals surface area contributed by atoms with E-state index in [1.165, 1.54) is 0 Å². The first-order valence-electron chi connectivity index (χ1n) is 13.2. The number of benzene rings is 2. The van der Waals surface area contributed by atoms with Crippen LogP contribution in [0.4, 0.5) is 0 Å². The van der Waals surface area contributed by atoms with Gasteiger partial charge in [-0.3, -0.25) is 0 Å². The average molecular weight is 577 g/mol. The summed E-state index contributed by atoms with van der Waals surface area (Å²) >= 11 is 0. The maximum atomic E-state index is 5.51. The summed E-state index contributed by atoms with van der Waals surface area (Å²) in [6, 6.07) is 34.5. The fraction of sp³-hybridized carbons (Fsp3) is 0. The molecule has 12 heteroatoms. The van der Waals surface area contributed by atoms with Crippen LogP contribution in [-0.4, -0.2) is 56.6 Å². The van der Waals surface area contributed by atoms with Gasteiger partial charge in [-0.25, -0.2) is 20.4 Å². The summed E-state index contributed by atoms with van der Waals surface area (Å²) in [6.45, 7) is 0. The molecule has 0 N–H and O–H groups in total. The molecule has 0 spiro atoms. The van der Waals surface area contributed by atoms with Gasteiger partial charge in [0.25, 0.3) is 12.8 Å². The minimum atomic E-state index is -1.96.